The van der Waals surface area contributed by atoms with Crippen molar-refractivity contribution in [2.24, 2.45) is 0 Å². The molecule has 2 N–H and O–H groups in total. The van der Waals surface area contributed by atoms with E-state index in [4.69, 9.17) is 5.11 Å². The maximum Gasteiger partial charge on any atom is 0.304 e. The smallest absolute Gasteiger partial charge is 0.304 e. The summed E-state index contributed by atoms with van der Waals surface area (Å²) in [5.41, 5.74) is 0.546. The first-order valence-electron chi connectivity index (χ1n) is 4.81. The number of carboxylic acid groups (broad SMARTS) is 1. The van der Waals surface area contributed by atoms with Crippen LogP contribution in [0.1, 0.15) is 12.0 Å². The SMILES string of the molecule is O=C(O)CC1(c2ccc(F)cc2)CNC1. The molecule has 2 rings (SSSR count). The molecule has 1 aliphatic rings. The Morgan fingerprint density at radius 1 is 1.40 bits per heavy atom. The lowest BCUT2D eigenvalue weighted by atomic mass is 9.73. The molecule has 0 spiro atoms. The van der Waals surface area contributed by atoms with Crippen molar-refractivity contribution in [2.75, 3.05) is 13.1 Å². The van der Waals surface area contributed by atoms with E-state index in [1.807, 2.05) is 0 Å². The number of hydrogen-bond acceptors (Lipinski definition) is 2. The third-order valence-electron chi connectivity index (χ3n) is 2.87. The first kappa shape index (κ1) is 10.1. The molecule has 3 nitrogen and oxygen atoms in total. The lowest BCUT2D eigenvalue weighted by Crippen LogP contribution is -2.57. The second kappa shape index (κ2) is 3.62. The molecule has 0 aromatic heterocycles. The Labute approximate surface area is 86.9 Å². The number of carboxylic acids is 1. The minimum Gasteiger partial charge on any atom is -0.481 e. The minimum atomic E-state index is -0.819. The van der Waals surface area contributed by atoms with Crippen molar-refractivity contribution in [1.29, 1.82) is 0 Å². The zero-order valence-electron chi connectivity index (χ0n) is 8.16. The first-order valence-corrected chi connectivity index (χ1v) is 4.81. The lowest BCUT2D eigenvalue weighted by molar-refractivity contribution is -0.139. The van der Waals surface area contributed by atoms with Gasteiger partial charge in [0.15, 0.2) is 0 Å². The molecule has 0 aliphatic carbocycles. The monoisotopic (exact) mass is 209 g/mol. The summed E-state index contributed by atoms with van der Waals surface area (Å²) in [5, 5.41) is 11.9. The lowest BCUT2D eigenvalue weighted by Gasteiger charge is -2.42. The molecule has 1 heterocycles. The van der Waals surface area contributed by atoms with E-state index < -0.39 is 5.97 Å². The van der Waals surface area contributed by atoms with E-state index in [9.17, 15) is 9.18 Å². The molecule has 1 aromatic rings. The Bertz CT molecular complexity index is 371. The van der Waals surface area contributed by atoms with Gasteiger partial charge in [-0.3, -0.25) is 4.79 Å². The standard InChI is InChI=1S/C11H12FNO2/c12-9-3-1-8(2-4-9)11(5-10(14)15)6-13-7-11/h1-4,13H,5-7H2,(H,14,15). The van der Waals surface area contributed by atoms with Crippen LogP contribution in [0.4, 0.5) is 4.39 Å². The molecule has 0 amide bonds. The number of aliphatic carboxylic acids is 1. The zero-order chi connectivity index (χ0) is 10.9. The van der Waals surface area contributed by atoms with Gasteiger partial charge in [0.1, 0.15) is 5.82 Å². The summed E-state index contributed by atoms with van der Waals surface area (Å²) in [6.07, 6.45) is 0.0889. The predicted molar refractivity (Wildman–Crippen MR) is 53.2 cm³/mol. The van der Waals surface area contributed by atoms with E-state index in [0.29, 0.717) is 13.1 Å². The quantitative estimate of drug-likeness (QED) is 0.784. The van der Waals surface area contributed by atoms with Crippen molar-refractivity contribution in [2.45, 2.75) is 11.8 Å². The van der Waals surface area contributed by atoms with E-state index in [0.717, 1.165) is 5.56 Å². The van der Waals surface area contributed by atoms with Crippen LogP contribution in [-0.2, 0) is 10.2 Å². The fraction of sp³-hybridized carbons (Fsp3) is 0.364. The molecule has 0 atom stereocenters. The highest BCUT2D eigenvalue weighted by atomic mass is 19.1. The Hall–Kier alpha value is -1.42. The molecule has 0 unspecified atom stereocenters. The van der Waals surface area contributed by atoms with Gasteiger partial charge in [0.05, 0.1) is 6.42 Å². The summed E-state index contributed by atoms with van der Waals surface area (Å²) in [5.74, 6) is -1.11. The van der Waals surface area contributed by atoms with Crippen molar-refractivity contribution < 1.29 is 14.3 Å². The molecule has 0 bridgehead atoms. The van der Waals surface area contributed by atoms with Gasteiger partial charge in [-0.15, -0.1) is 0 Å². The maximum atomic E-state index is 12.7. The van der Waals surface area contributed by atoms with Crippen LogP contribution in [0, 0.1) is 5.82 Å². The third kappa shape index (κ3) is 1.85. The molecule has 0 radical (unpaired) electrons. The Morgan fingerprint density at radius 3 is 2.40 bits per heavy atom. The number of rotatable bonds is 3. The second-order valence-electron chi connectivity index (χ2n) is 3.96. The summed E-state index contributed by atoms with van der Waals surface area (Å²) in [7, 11) is 0. The topological polar surface area (TPSA) is 49.3 Å². The number of carbonyl (C=O) groups is 1. The number of benzene rings is 1. The molecule has 4 heteroatoms. The van der Waals surface area contributed by atoms with E-state index in [1.54, 1.807) is 12.1 Å². The average Bonchev–Trinajstić information content (AvgIpc) is 2.13. The largest absolute Gasteiger partial charge is 0.481 e. The van der Waals surface area contributed by atoms with Crippen LogP contribution in [0.25, 0.3) is 0 Å². The van der Waals surface area contributed by atoms with Gasteiger partial charge in [-0.1, -0.05) is 12.1 Å². The van der Waals surface area contributed by atoms with Gasteiger partial charge in [0.2, 0.25) is 0 Å². The van der Waals surface area contributed by atoms with Crippen molar-refractivity contribution in [3.8, 4) is 0 Å². The summed E-state index contributed by atoms with van der Waals surface area (Å²) < 4.78 is 12.7. The van der Waals surface area contributed by atoms with E-state index >= 15 is 0 Å². The van der Waals surface area contributed by atoms with Crippen molar-refractivity contribution >= 4 is 5.97 Å². The van der Waals surface area contributed by atoms with Crippen LogP contribution in [0.5, 0.6) is 0 Å². The minimum absolute atomic E-state index is 0.0889. The van der Waals surface area contributed by atoms with E-state index in [-0.39, 0.29) is 17.7 Å². The number of nitrogens with one attached hydrogen (secondary N) is 1. The van der Waals surface area contributed by atoms with Gasteiger partial charge in [0.25, 0.3) is 0 Å². The molecule has 1 aliphatic heterocycles. The highest BCUT2D eigenvalue weighted by Gasteiger charge is 2.40. The van der Waals surface area contributed by atoms with Crippen LogP contribution in [-0.4, -0.2) is 24.2 Å². The van der Waals surface area contributed by atoms with Crippen molar-refractivity contribution in [3.63, 3.8) is 0 Å². The zero-order valence-corrected chi connectivity index (χ0v) is 8.16. The first-order chi connectivity index (χ1) is 7.12. The van der Waals surface area contributed by atoms with Gasteiger partial charge in [-0.05, 0) is 17.7 Å². The Balaban J connectivity index is 2.26. The van der Waals surface area contributed by atoms with Gasteiger partial charge in [-0.25, -0.2) is 4.39 Å². The molecular formula is C11H12FNO2. The van der Waals surface area contributed by atoms with Crippen LogP contribution < -0.4 is 5.32 Å². The average molecular weight is 209 g/mol. The van der Waals surface area contributed by atoms with Gasteiger partial charge in [-0.2, -0.15) is 0 Å². The summed E-state index contributed by atoms with van der Waals surface area (Å²) in [6.45, 7) is 1.29. The summed E-state index contributed by atoms with van der Waals surface area (Å²) in [4.78, 5) is 10.7. The van der Waals surface area contributed by atoms with E-state index in [2.05, 4.69) is 5.32 Å². The Morgan fingerprint density at radius 2 is 2.00 bits per heavy atom. The van der Waals surface area contributed by atoms with Gasteiger partial charge >= 0.3 is 5.97 Å². The maximum absolute atomic E-state index is 12.7. The fourth-order valence-electron chi connectivity index (χ4n) is 1.95. The van der Waals surface area contributed by atoms with Gasteiger partial charge in [0, 0.05) is 18.5 Å². The molecule has 80 valence electrons. The van der Waals surface area contributed by atoms with Crippen LogP contribution in [0.15, 0.2) is 24.3 Å². The van der Waals surface area contributed by atoms with Crippen molar-refractivity contribution in [1.82, 2.24) is 5.32 Å². The van der Waals surface area contributed by atoms with Crippen LogP contribution in [0.3, 0.4) is 0 Å². The second-order valence-corrected chi connectivity index (χ2v) is 3.96. The number of hydrogen-bond donors (Lipinski definition) is 2. The van der Waals surface area contributed by atoms with E-state index in [1.165, 1.54) is 12.1 Å². The van der Waals surface area contributed by atoms with Crippen LogP contribution >= 0.6 is 0 Å². The molecule has 1 aromatic carbocycles. The third-order valence-corrected chi connectivity index (χ3v) is 2.87. The molecular weight excluding hydrogens is 197 g/mol. The van der Waals surface area contributed by atoms with Crippen molar-refractivity contribution in [3.05, 3.63) is 35.6 Å². The number of halogens is 1. The molecule has 15 heavy (non-hydrogen) atoms. The van der Waals surface area contributed by atoms with Crippen LogP contribution in [0.2, 0.25) is 0 Å². The molecule has 1 saturated heterocycles. The molecule has 1 fully saturated rings. The summed E-state index contributed by atoms with van der Waals surface area (Å²) in [6, 6.07) is 6.08. The highest BCUT2D eigenvalue weighted by molar-refractivity contribution is 5.69. The highest BCUT2D eigenvalue weighted by Crippen LogP contribution is 2.32. The normalized spacial score (nSPS) is 18.2. The summed E-state index contributed by atoms with van der Waals surface area (Å²) >= 11 is 0. The predicted octanol–water partition coefficient (Wildman–Crippen LogP) is 1.14. The Kier molecular flexibility index (Phi) is 2.44. The fourth-order valence-corrected chi connectivity index (χ4v) is 1.95. The molecule has 0 saturated carbocycles. The van der Waals surface area contributed by atoms with Gasteiger partial charge < -0.3 is 10.4 Å².